The summed E-state index contributed by atoms with van der Waals surface area (Å²) in [7, 11) is -2.45. The number of nitrogens with two attached hydrogens (primary N) is 1. The molecule has 0 bridgehead atoms. The van der Waals surface area contributed by atoms with Crippen LogP contribution in [0, 0.1) is 10.1 Å². The van der Waals surface area contributed by atoms with Crippen LogP contribution < -0.4 is 11.3 Å². The third kappa shape index (κ3) is 3.00. The van der Waals surface area contributed by atoms with E-state index in [1.807, 2.05) is 0 Å². The van der Waals surface area contributed by atoms with Crippen molar-refractivity contribution in [1.29, 1.82) is 0 Å². The van der Waals surface area contributed by atoms with Gasteiger partial charge in [0, 0.05) is 25.2 Å². The summed E-state index contributed by atoms with van der Waals surface area (Å²) < 4.78 is 25.8. The van der Waals surface area contributed by atoms with Gasteiger partial charge in [-0.1, -0.05) is 0 Å². The third-order valence-electron chi connectivity index (χ3n) is 2.72. The van der Waals surface area contributed by atoms with Gasteiger partial charge in [-0.2, -0.15) is 4.31 Å². The van der Waals surface area contributed by atoms with Crippen molar-refractivity contribution in [2.75, 3.05) is 12.5 Å². The molecule has 0 radical (unpaired) electrons. The highest BCUT2D eigenvalue weighted by molar-refractivity contribution is 7.89. The van der Waals surface area contributed by atoms with Crippen molar-refractivity contribution in [3.63, 3.8) is 0 Å². The molecule has 0 aliphatic rings. The van der Waals surface area contributed by atoms with E-state index < -0.39 is 14.9 Å². The average molecular weight is 288 g/mol. The zero-order valence-corrected chi connectivity index (χ0v) is 11.6. The number of anilines is 1. The number of sulfonamides is 1. The van der Waals surface area contributed by atoms with Gasteiger partial charge < -0.3 is 5.43 Å². The highest BCUT2D eigenvalue weighted by atomic mass is 32.2. The van der Waals surface area contributed by atoms with Crippen LogP contribution >= 0.6 is 0 Å². The molecule has 8 nitrogen and oxygen atoms in total. The Morgan fingerprint density at radius 1 is 1.42 bits per heavy atom. The number of rotatable bonds is 5. The monoisotopic (exact) mass is 288 g/mol. The molecule has 0 spiro atoms. The van der Waals surface area contributed by atoms with Crippen LogP contribution in [-0.2, 0) is 10.0 Å². The highest BCUT2D eigenvalue weighted by Gasteiger charge is 2.27. The smallest absolute Gasteiger partial charge is 0.270 e. The largest absolute Gasteiger partial charge is 0.323 e. The standard InChI is InChI=1S/C10H16N4O4S/c1-7(2)13(3)19(17,18)10-6-8(14(15)16)4-5-9(10)12-11/h4-7,12H,11H2,1-3H3. The second-order valence-electron chi connectivity index (χ2n) is 4.20. The lowest BCUT2D eigenvalue weighted by Crippen LogP contribution is -2.33. The normalized spacial score (nSPS) is 11.9. The molecule has 0 atom stereocenters. The number of nitrogens with one attached hydrogen (secondary N) is 1. The molecule has 0 amide bonds. The summed E-state index contributed by atoms with van der Waals surface area (Å²) in [5.41, 5.74) is 2.03. The molecule has 0 saturated carbocycles. The van der Waals surface area contributed by atoms with Crippen LogP contribution in [0.2, 0.25) is 0 Å². The molecular formula is C10H16N4O4S. The first-order valence-electron chi connectivity index (χ1n) is 5.45. The van der Waals surface area contributed by atoms with Crippen molar-refractivity contribution in [1.82, 2.24) is 4.31 Å². The summed E-state index contributed by atoms with van der Waals surface area (Å²) in [5, 5.41) is 10.7. The molecule has 106 valence electrons. The van der Waals surface area contributed by atoms with Gasteiger partial charge in [-0.15, -0.1) is 0 Å². The number of nitrogen functional groups attached to an aromatic ring is 1. The quantitative estimate of drug-likeness (QED) is 0.472. The molecule has 0 unspecified atom stereocenters. The Morgan fingerprint density at radius 2 is 2.00 bits per heavy atom. The molecule has 1 rings (SSSR count). The summed E-state index contributed by atoms with van der Waals surface area (Å²) in [6.07, 6.45) is 0. The number of hydrazine groups is 1. The number of nitrogens with zero attached hydrogens (tertiary/aromatic N) is 2. The van der Waals surface area contributed by atoms with Crippen molar-refractivity contribution >= 4 is 21.4 Å². The van der Waals surface area contributed by atoms with Gasteiger partial charge in [0.05, 0.1) is 10.6 Å². The van der Waals surface area contributed by atoms with E-state index in [0.717, 1.165) is 10.4 Å². The highest BCUT2D eigenvalue weighted by Crippen LogP contribution is 2.28. The Kier molecular flexibility index (Phi) is 4.45. The van der Waals surface area contributed by atoms with Crippen LogP contribution in [0.1, 0.15) is 13.8 Å². The summed E-state index contributed by atoms with van der Waals surface area (Å²) >= 11 is 0. The molecule has 0 aromatic heterocycles. The maximum atomic E-state index is 12.3. The topological polar surface area (TPSA) is 119 Å². The number of nitro benzene ring substituents is 1. The van der Waals surface area contributed by atoms with E-state index in [-0.39, 0.29) is 22.3 Å². The van der Waals surface area contributed by atoms with E-state index in [4.69, 9.17) is 5.84 Å². The number of nitro groups is 1. The van der Waals surface area contributed by atoms with Gasteiger partial charge in [-0.3, -0.25) is 16.0 Å². The number of hydrogen-bond donors (Lipinski definition) is 2. The van der Waals surface area contributed by atoms with Crippen LogP contribution in [0.3, 0.4) is 0 Å². The minimum absolute atomic E-state index is 0.109. The molecule has 1 aromatic rings. The van der Waals surface area contributed by atoms with E-state index in [2.05, 4.69) is 5.43 Å². The van der Waals surface area contributed by atoms with E-state index in [0.29, 0.717) is 0 Å². The van der Waals surface area contributed by atoms with Crippen molar-refractivity contribution in [3.8, 4) is 0 Å². The second-order valence-corrected chi connectivity index (χ2v) is 6.16. The van der Waals surface area contributed by atoms with Crippen molar-refractivity contribution in [2.45, 2.75) is 24.8 Å². The zero-order valence-electron chi connectivity index (χ0n) is 10.8. The minimum Gasteiger partial charge on any atom is -0.323 e. The van der Waals surface area contributed by atoms with Crippen molar-refractivity contribution in [3.05, 3.63) is 28.3 Å². The van der Waals surface area contributed by atoms with Crippen LogP contribution in [-0.4, -0.2) is 30.7 Å². The molecule has 3 N–H and O–H groups in total. The number of benzene rings is 1. The van der Waals surface area contributed by atoms with E-state index in [1.54, 1.807) is 13.8 Å². The number of non-ortho nitro benzene ring substituents is 1. The second kappa shape index (κ2) is 5.51. The molecule has 0 aliphatic heterocycles. The molecule has 19 heavy (non-hydrogen) atoms. The minimum atomic E-state index is -3.85. The predicted octanol–water partition coefficient (Wildman–Crippen LogP) is 0.909. The fraction of sp³-hybridized carbons (Fsp3) is 0.400. The Morgan fingerprint density at radius 3 is 2.42 bits per heavy atom. The first kappa shape index (κ1) is 15.3. The van der Waals surface area contributed by atoms with Crippen LogP contribution in [0.5, 0.6) is 0 Å². The molecule has 0 fully saturated rings. The molecule has 0 saturated heterocycles. The fourth-order valence-electron chi connectivity index (χ4n) is 1.39. The Labute approximate surface area is 111 Å². The summed E-state index contributed by atoms with van der Waals surface area (Å²) in [6, 6.07) is 3.15. The Hall–Kier alpha value is -1.71. The van der Waals surface area contributed by atoms with Gasteiger partial charge in [0.2, 0.25) is 10.0 Å². The average Bonchev–Trinajstić information content (AvgIpc) is 2.36. The first-order chi connectivity index (χ1) is 8.71. The molecule has 0 aliphatic carbocycles. The van der Waals surface area contributed by atoms with Crippen LogP contribution in [0.15, 0.2) is 23.1 Å². The first-order valence-corrected chi connectivity index (χ1v) is 6.89. The zero-order chi connectivity index (χ0) is 14.8. The Balaban J connectivity index is 3.47. The van der Waals surface area contributed by atoms with Crippen molar-refractivity contribution in [2.24, 2.45) is 5.84 Å². The molecule has 0 heterocycles. The summed E-state index contributed by atoms with van der Waals surface area (Å²) in [6.45, 7) is 3.40. The lowest BCUT2D eigenvalue weighted by Gasteiger charge is -2.22. The van der Waals surface area contributed by atoms with Crippen molar-refractivity contribution < 1.29 is 13.3 Å². The van der Waals surface area contributed by atoms with Gasteiger partial charge in [-0.05, 0) is 19.9 Å². The molecular weight excluding hydrogens is 272 g/mol. The fourth-order valence-corrected chi connectivity index (χ4v) is 2.93. The maximum absolute atomic E-state index is 12.3. The molecule has 1 aromatic carbocycles. The summed E-state index contributed by atoms with van der Waals surface area (Å²) in [4.78, 5) is 9.85. The van der Waals surface area contributed by atoms with Crippen LogP contribution in [0.25, 0.3) is 0 Å². The Bertz CT molecular complexity index is 585. The van der Waals surface area contributed by atoms with Gasteiger partial charge in [0.15, 0.2) is 0 Å². The lowest BCUT2D eigenvalue weighted by molar-refractivity contribution is -0.385. The SMILES string of the molecule is CC(C)N(C)S(=O)(=O)c1cc([N+](=O)[O-])ccc1NN. The third-order valence-corrected chi connectivity index (χ3v) is 4.79. The van der Waals surface area contributed by atoms with Gasteiger partial charge in [0.25, 0.3) is 5.69 Å². The van der Waals surface area contributed by atoms with Crippen LogP contribution in [0.4, 0.5) is 11.4 Å². The van der Waals surface area contributed by atoms with Gasteiger partial charge in [0.1, 0.15) is 4.90 Å². The molecule has 9 heteroatoms. The van der Waals surface area contributed by atoms with E-state index in [1.165, 1.54) is 19.2 Å². The van der Waals surface area contributed by atoms with Gasteiger partial charge >= 0.3 is 0 Å². The number of hydrogen-bond acceptors (Lipinski definition) is 6. The van der Waals surface area contributed by atoms with Gasteiger partial charge in [-0.25, -0.2) is 8.42 Å². The lowest BCUT2D eigenvalue weighted by atomic mass is 10.3. The maximum Gasteiger partial charge on any atom is 0.270 e. The van der Waals surface area contributed by atoms with E-state index >= 15 is 0 Å². The van der Waals surface area contributed by atoms with E-state index in [9.17, 15) is 18.5 Å². The summed E-state index contributed by atoms with van der Waals surface area (Å²) in [5.74, 6) is 5.25. The predicted molar refractivity (Wildman–Crippen MR) is 71.0 cm³/mol.